The first-order chi connectivity index (χ1) is 14.0. The van der Waals surface area contributed by atoms with Crippen molar-refractivity contribution in [3.63, 3.8) is 0 Å². The van der Waals surface area contributed by atoms with Crippen molar-refractivity contribution < 1.29 is 9.15 Å². The maximum absolute atomic E-state index is 5.73. The summed E-state index contributed by atoms with van der Waals surface area (Å²) < 4.78 is 13.3. The van der Waals surface area contributed by atoms with Crippen LogP contribution >= 0.6 is 11.3 Å². The largest absolute Gasteiger partial charge is 0.460 e. The molecule has 0 N–H and O–H groups in total. The van der Waals surface area contributed by atoms with Crippen LogP contribution in [0, 0.1) is 27.7 Å². The van der Waals surface area contributed by atoms with E-state index in [1.54, 1.807) is 17.6 Å². The highest BCUT2D eigenvalue weighted by atomic mass is 32.1. The third kappa shape index (κ3) is 4.43. The molecule has 4 rings (SSSR count). The Balaban J connectivity index is 1.77. The van der Waals surface area contributed by atoms with Crippen molar-refractivity contribution in [3.05, 3.63) is 62.7 Å². The number of rotatable bonds is 5. The number of hydrogen-bond donors (Lipinski definition) is 0. The molecule has 0 saturated carbocycles. The van der Waals surface area contributed by atoms with E-state index in [9.17, 15) is 0 Å². The summed E-state index contributed by atoms with van der Waals surface area (Å²) in [7, 11) is 0. The fraction of sp³-hybridized carbons (Fsp3) is 0.391. The zero-order valence-electron chi connectivity index (χ0n) is 17.4. The number of aromatic nitrogens is 1. The number of furan rings is 1. The van der Waals surface area contributed by atoms with Crippen molar-refractivity contribution in [2.75, 3.05) is 13.2 Å². The van der Waals surface area contributed by atoms with Crippen molar-refractivity contribution in [1.82, 2.24) is 4.68 Å². The minimum Gasteiger partial charge on any atom is -0.460 e. The maximum atomic E-state index is 5.73. The summed E-state index contributed by atoms with van der Waals surface area (Å²) in [6.45, 7) is 9.88. The van der Waals surface area contributed by atoms with E-state index in [1.165, 1.54) is 22.3 Å². The highest BCUT2D eigenvalue weighted by Gasteiger charge is 2.16. The van der Waals surface area contributed by atoms with Gasteiger partial charge in [-0.2, -0.15) is 5.10 Å². The molecule has 5 nitrogen and oxygen atoms in total. The quantitative estimate of drug-likeness (QED) is 0.557. The molecule has 3 heterocycles. The minimum atomic E-state index is 0.217. The SMILES string of the molecule is Cc1ccc(/C=N/n2c(-c3cc(C)c(C)cc3C)csc2=NCC2CCCO2)o1. The van der Waals surface area contributed by atoms with Gasteiger partial charge in [-0.1, -0.05) is 6.07 Å². The molecule has 29 heavy (non-hydrogen) atoms. The summed E-state index contributed by atoms with van der Waals surface area (Å²) in [6, 6.07) is 8.34. The molecule has 1 aliphatic rings. The third-order valence-electron chi connectivity index (χ3n) is 5.32. The molecule has 2 aromatic heterocycles. The smallest absolute Gasteiger partial charge is 0.206 e. The molecule has 3 aromatic rings. The van der Waals surface area contributed by atoms with Crippen LogP contribution in [0.2, 0.25) is 0 Å². The van der Waals surface area contributed by atoms with Gasteiger partial charge in [0.05, 0.1) is 24.6 Å². The lowest BCUT2D eigenvalue weighted by Gasteiger charge is -2.10. The predicted octanol–water partition coefficient (Wildman–Crippen LogP) is 5.01. The lowest BCUT2D eigenvalue weighted by Crippen LogP contribution is -2.17. The topological polar surface area (TPSA) is 52.0 Å². The predicted molar refractivity (Wildman–Crippen MR) is 118 cm³/mol. The second-order valence-electron chi connectivity index (χ2n) is 7.64. The van der Waals surface area contributed by atoms with E-state index in [-0.39, 0.29) is 6.10 Å². The van der Waals surface area contributed by atoms with E-state index in [4.69, 9.17) is 19.2 Å². The van der Waals surface area contributed by atoms with Gasteiger partial charge in [0.2, 0.25) is 4.80 Å². The van der Waals surface area contributed by atoms with Crippen LogP contribution in [0.1, 0.15) is 41.1 Å². The van der Waals surface area contributed by atoms with E-state index in [1.807, 2.05) is 23.7 Å². The van der Waals surface area contributed by atoms with Crippen molar-refractivity contribution in [2.24, 2.45) is 10.1 Å². The first-order valence-corrected chi connectivity index (χ1v) is 10.9. The van der Waals surface area contributed by atoms with Crippen LogP contribution in [0.3, 0.4) is 0 Å². The number of benzene rings is 1. The molecule has 1 aromatic carbocycles. The first kappa shape index (κ1) is 19.9. The van der Waals surface area contributed by atoms with Gasteiger partial charge in [0, 0.05) is 17.6 Å². The average Bonchev–Trinajstić information content (AvgIpc) is 3.42. The first-order valence-electron chi connectivity index (χ1n) is 10.0. The maximum Gasteiger partial charge on any atom is 0.206 e. The van der Waals surface area contributed by atoms with Gasteiger partial charge in [0.25, 0.3) is 0 Å². The van der Waals surface area contributed by atoms with E-state index in [0.717, 1.165) is 41.5 Å². The molecule has 1 saturated heterocycles. The highest BCUT2D eigenvalue weighted by molar-refractivity contribution is 7.07. The molecular weight excluding hydrogens is 382 g/mol. The number of nitrogens with zero attached hydrogens (tertiary/aromatic N) is 3. The van der Waals surface area contributed by atoms with Crippen molar-refractivity contribution in [3.8, 4) is 11.3 Å². The zero-order chi connectivity index (χ0) is 20.4. The molecule has 1 aliphatic heterocycles. The molecule has 0 amide bonds. The molecule has 1 unspecified atom stereocenters. The third-order valence-corrected chi connectivity index (χ3v) is 6.17. The van der Waals surface area contributed by atoms with Crippen LogP contribution in [0.4, 0.5) is 0 Å². The number of thiazole rings is 1. The molecule has 1 atom stereocenters. The summed E-state index contributed by atoms with van der Waals surface area (Å²) in [5, 5.41) is 6.87. The molecule has 152 valence electrons. The van der Waals surface area contributed by atoms with Crippen molar-refractivity contribution in [2.45, 2.75) is 46.6 Å². The summed E-state index contributed by atoms with van der Waals surface area (Å²) in [6.07, 6.45) is 4.17. The molecule has 0 spiro atoms. The molecule has 0 bridgehead atoms. The minimum absolute atomic E-state index is 0.217. The normalized spacial score (nSPS) is 17.7. The van der Waals surface area contributed by atoms with Gasteiger partial charge < -0.3 is 9.15 Å². The number of aryl methyl sites for hydroxylation is 4. The van der Waals surface area contributed by atoms with Gasteiger partial charge in [-0.3, -0.25) is 4.99 Å². The summed E-state index contributed by atoms with van der Waals surface area (Å²) in [4.78, 5) is 5.70. The van der Waals surface area contributed by atoms with Crippen LogP contribution in [-0.2, 0) is 4.74 Å². The summed E-state index contributed by atoms with van der Waals surface area (Å²) in [5.41, 5.74) is 6.02. The molecule has 0 aliphatic carbocycles. The molecular formula is C23H27N3O2S. The van der Waals surface area contributed by atoms with Gasteiger partial charge in [-0.25, -0.2) is 4.68 Å². The zero-order valence-corrected chi connectivity index (χ0v) is 18.3. The fourth-order valence-corrected chi connectivity index (χ4v) is 4.39. The Hall–Kier alpha value is -2.44. The second-order valence-corrected chi connectivity index (χ2v) is 8.47. The van der Waals surface area contributed by atoms with E-state index in [2.05, 4.69) is 38.3 Å². The van der Waals surface area contributed by atoms with Crippen molar-refractivity contribution >= 4 is 17.6 Å². The average molecular weight is 410 g/mol. The molecule has 6 heteroatoms. The van der Waals surface area contributed by atoms with Crippen LogP contribution < -0.4 is 4.80 Å². The van der Waals surface area contributed by atoms with E-state index in [0.29, 0.717) is 6.54 Å². The summed E-state index contributed by atoms with van der Waals surface area (Å²) >= 11 is 1.61. The highest BCUT2D eigenvalue weighted by Crippen LogP contribution is 2.27. The lowest BCUT2D eigenvalue weighted by molar-refractivity contribution is 0.117. The van der Waals surface area contributed by atoms with Crippen molar-refractivity contribution in [1.29, 1.82) is 0 Å². The Morgan fingerprint density at radius 2 is 1.97 bits per heavy atom. The summed E-state index contributed by atoms with van der Waals surface area (Å²) in [5.74, 6) is 1.60. The molecule has 0 radical (unpaired) electrons. The second kappa shape index (κ2) is 8.51. The Kier molecular flexibility index (Phi) is 5.83. The van der Waals surface area contributed by atoms with E-state index >= 15 is 0 Å². The lowest BCUT2D eigenvalue weighted by atomic mass is 9.99. The Bertz CT molecular complexity index is 1100. The van der Waals surface area contributed by atoms with Gasteiger partial charge in [0.1, 0.15) is 11.5 Å². The van der Waals surface area contributed by atoms with Crippen LogP contribution in [-0.4, -0.2) is 30.1 Å². The van der Waals surface area contributed by atoms with E-state index < -0.39 is 0 Å². The van der Waals surface area contributed by atoms with Gasteiger partial charge >= 0.3 is 0 Å². The Labute approximate surface area is 175 Å². The van der Waals surface area contributed by atoms with Crippen LogP contribution in [0.15, 0.2) is 44.2 Å². The standard InChI is InChI=1S/C23H27N3O2S/c1-15-10-17(3)21(11-16(15)2)22-14-29-23(24-12-19-6-5-9-27-19)26(22)25-13-20-8-7-18(4)28-20/h7-8,10-11,13-14,19H,5-6,9,12H2,1-4H3/b24-23?,25-13+. The number of ether oxygens (including phenoxy) is 1. The monoisotopic (exact) mass is 409 g/mol. The van der Waals surface area contributed by atoms with Gasteiger partial charge in [-0.15, -0.1) is 11.3 Å². The van der Waals surface area contributed by atoms with Gasteiger partial charge in [-0.05, 0) is 75.4 Å². The number of hydrogen-bond acceptors (Lipinski definition) is 5. The Morgan fingerprint density at radius 3 is 2.69 bits per heavy atom. The molecule has 1 fully saturated rings. The van der Waals surface area contributed by atoms with Crippen LogP contribution in [0.5, 0.6) is 0 Å². The Morgan fingerprint density at radius 1 is 1.14 bits per heavy atom. The fourth-order valence-electron chi connectivity index (χ4n) is 3.55. The van der Waals surface area contributed by atoms with Gasteiger partial charge in [0.15, 0.2) is 0 Å². The van der Waals surface area contributed by atoms with Crippen LogP contribution in [0.25, 0.3) is 11.3 Å².